The van der Waals surface area contributed by atoms with Crippen molar-refractivity contribution in [1.29, 1.82) is 0 Å². The Kier molecular flexibility index (Phi) is 5.00. The molecule has 8 nitrogen and oxygen atoms in total. The minimum Gasteiger partial charge on any atom is -0.341 e. The molecule has 150 valence electrons. The van der Waals surface area contributed by atoms with Crippen LogP contribution >= 0.6 is 11.8 Å². The van der Waals surface area contributed by atoms with Crippen LogP contribution in [0.1, 0.15) is 63.5 Å². The molecule has 2 saturated carbocycles. The summed E-state index contributed by atoms with van der Waals surface area (Å²) in [6.45, 7) is 2.11. The highest BCUT2D eigenvalue weighted by molar-refractivity contribution is 7.99. The van der Waals surface area contributed by atoms with Gasteiger partial charge in [0.15, 0.2) is 5.16 Å². The van der Waals surface area contributed by atoms with Crippen molar-refractivity contribution in [3.8, 4) is 0 Å². The van der Waals surface area contributed by atoms with Gasteiger partial charge in [-0.3, -0.25) is 9.36 Å². The topological polar surface area (TPSA) is 80.9 Å². The third-order valence-corrected chi connectivity index (χ3v) is 6.83. The average molecular weight is 402 g/mol. The summed E-state index contributed by atoms with van der Waals surface area (Å²) >= 11 is 1.48. The maximum Gasteiger partial charge on any atom is 0.235 e. The molecule has 1 amide bonds. The third kappa shape index (κ3) is 3.64. The minimum atomic E-state index is -0.0159. The van der Waals surface area contributed by atoms with Crippen LogP contribution in [0, 0.1) is 0 Å². The smallest absolute Gasteiger partial charge is 0.235 e. The van der Waals surface area contributed by atoms with Crippen LogP contribution < -0.4 is 10.2 Å². The summed E-state index contributed by atoms with van der Waals surface area (Å²) < 4.78 is 4.24. The number of thioether (sulfide) groups is 1. The van der Waals surface area contributed by atoms with Crippen molar-refractivity contribution in [3.05, 3.63) is 12.3 Å². The lowest BCUT2D eigenvalue weighted by Gasteiger charge is -2.18. The van der Waals surface area contributed by atoms with Crippen LogP contribution in [-0.2, 0) is 4.79 Å². The third-order valence-electron chi connectivity index (χ3n) is 5.89. The number of nitrogens with one attached hydrogen (secondary N) is 1. The van der Waals surface area contributed by atoms with E-state index in [1.807, 2.05) is 10.7 Å². The number of carbonyl (C=O) groups is 1. The summed E-state index contributed by atoms with van der Waals surface area (Å²) in [7, 11) is 0. The van der Waals surface area contributed by atoms with Crippen molar-refractivity contribution in [3.63, 3.8) is 0 Å². The van der Waals surface area contributed by atoms with Gasteiger partial charge in [-0.05, 0) is 38.5 Å². The molecule has 0 aromatic carbocycles. The van der Waals surface area contributed by atoms with Crippen LogP contribution in [0.25, 0.3) is 0 Å². The zero-order valence-corrected chi connectivity index (χ0v) is 16.9. The number of hydrogen-bond acceptors (Lipinski definition) is 6. The van der Waals surface area contributed by atoms with E-state index in [1.54, 1.807) is 6.20 Å². The van der Waals surface area contributed by atoms with Gasteiger partial charge < -0.3 is 10.2 Å². The summed E-state index contributed by atoms with van der Waals surface area (Å²) in [5, 5.41) is 17.2. The van der Waals surface area contributed by atoms with Gasteiger partial charge >= 0.3 is 0 Å². The van der Waals surface area contributed by atoms with Gasteiger partial charge in [0, 0.05) is 25.2 Å². The number of nitrogens with zero attached hydrogens (tertiary/aromatic N) is 6. The van der Waals surface area contributed by atoms with Crippen LogP contribution in [-0.4, -0.2) is 49.3 Å². The zero-order valence-electron chi connectivity index (χ0n) is 16.1. The average Bonchev–Trinajstić information content (AvgIpc) is 3.22. The molecule has 9 heteroatoms. The van der Waals surface area contributed by atoms with E-state index < -0.39 is 0 Å². The molecule has 3 fully saturated rings. The van der Waals surface area contributed by atoms with Crippen LogP contribution in [0.15, 0.2) is 17.4 Å². The summed E-state index contributed by atoms with van der Waals surface area (Å²) in [6, 6.07) is 2.80. The van der Waals surface area contributed by atoms with E-state index in [0.29, 0.717) is 17.8 Å². The van der Waals surface area contributed by atoms with Gasteiger partial charge in [-0.2, -0.15) is 5.10 Å². The van der Waals surface area contributed by atoms with Gasteiger partial charge in [0.25, 0.3) is 0 Å². The van der Waals surface area contributed by atoms with E-state index in [9.17, 15) is 4.79 Å². The van der Waals surface area contributed by atoms with Crippen molar-refractivity contribution in [1.82, 2.24) is 24.5 Å². The fraction of sp³-hybridized carbons (Fsp3) is 0.684. The molecule has 0 bridgehead atoms. The first kappa shape index (κ1) is 18.0. The van der Waals surface area contributed by atoms with Crippen molar-refractivity contribution >= 4 is 29.4 Å². The molecule has 0 radical (unpaired) electrons. The van der Waals surface area contributed by atoms with Gasteiger partial charge in [-0.25, -0.2) is 4.68 Å². The second-order valence-corrected chi connectivity index (χ2v) is 8.96. The summed E-state index contributed by atoms with van der Waals surface area (Å²) in [4.78, 5) is 14.9. The molecule has 2 aromatic rings. The first-order chi connectivity index (χ1) is 13.8. The first-order valence-electron chi connectivity index (χ1n) is 10.5. The minimum absolute atomic E-state index is 0.0159. The molecule has 2 aliphatic carbocycles. The molecule has 0 atom stereocenters. The number of anilines is 2. The van der Waals surface area contributed by atoms with Gasteiger partial charge in [0.2, 0.25) is 11.9 Å². The van der Waals surface area contributed by atoms with Gasteiger partial charge in [-0.15, -0.1) is 10.2 Å². The molecular weight excluding hydrogens is 374 g/mol. The molecule has 1 aliphatic heterocycles. The van der Waals surface area contributed by atoms with E-state index in [4.69, 9.17) is 0 Å². The van der Waals surface area contributed by atoms with E-state index in [-0.39, 0.29) is 5.91 Å². The Bertz CT molecular complexity index is 831. The largest absolute Gasteiger partial charge is 0.341 e. The number of aromatic nitrogens is 5. The molecular formula is C19H27N7OS. The molecule has 1 saturated heterocycles. The number of rotatable bonds is 7. The van der Waals surface area contributed by atoms with E-state index in [0.717, 1.165) is 42.9 Å². The molecule has 3 heterocycles. The Hall–Kier alpha value is -2.03. The molecule has 28 heavy (non-hydrogen) atoms. The highest BCUT2D eigenvalue weighted by atomic mass is 32.2. The predicted molar refractivity (Wildman–Crippen MR) is 109 cm³/mol. The molecule has 2 aromatic heterocycles. The Labute approximate surface area is 169 Å². The Morgan fingerprint density at radius 2 is 1.86 bits per heavy atom. The molecule has 0 unspecified atom stereocenters. The van der Waals surface area contributed by atoms with Crippen molar-refractivity contribution in [2.24, 2.45) is 0 Å². The predicted octanol–water partition coefficient (Wildman–Crippen LogP) is 3.26. The van der Waals surface area contributed by atoms with Crippen molar-refractivity contribution < 1.29 is 4.79 Å². The van der Waals surface area contributed by atoms with E-state index in [2.05, 4.69) is 30.1 Å². The molecule has 3 aliphatic rings. The van der Waals surface area contributed by atoms with Gasteiger partial charge in [-0.1, -0.05) is 24.6 Å². The van der Waals surface area contributed by atoms with E-state index in [1.165, 1.54) is 50.3 Å². The molecule has 0 spiro atoms. The SMILES string of the molecule is O=C(CSc1nnc(N2CCCC2)n1C1CC1)Nc1ccnn1C1CCCC1. The van der Waals surface area contributed by atoms with E-state index >= 15 is 0 Å². The van der Waals surface area contributed by atoms with Crippen molar-refractivity contribution in [2.45, 2.75) is 68.6 Å². The number of hydrogen-bond donors (Lipinski definition) is 1. The van der Waals surface area contributed by atoms with Gasteiger partial charge in [0.05, 0.1) is 18.0 Å². The second-order valence-electron chi connectivity index (χ2n) is 8.01. The fourth-order valence-corrected chi connectivity index (χ4v) is 5.12. The first-order valence-corrected chi connectivity index (χ1v) is 11.4. The van der Waals surface area contributed by atoms with Crippen LogP contribution in [0.4, 0.5) is 11.8 Å². The van der Waals surface area contributed by atoms with Gasteiger partial charge in [0.1, 0.15) is 5.82 Å². The molecule has 5 rings (SSSR count). The second kappa shape index (κ2) is 7.77. The maximum atomic E-state index is 12.6. The summed E-state index contributed by atoms with van der Waals surface area (Å²) in [5.74, 6) is 2.11. The summed E-state index contributed by atoms with van der Waals surface area (Å²) in [5.41, 5.74) is 0. The highest BCUT2D eigenvalue weighted by Gasteiger charge is 2.32. The fourth-order valence-electron chi connectivity index (χ4n) is 4.31. The Morgan fingerprint density at radius 1 is 1.07 bits per heavy atom. The van der Waals surface area contributed by atoms with Crippen LogP contribution in [0.5, 0.6) is 0 Å². The lowest BCUT2D eigenvalue weighted by molar-refractivity contribution is -0.113. The lowest BCUT2D eigenvalue weighted by atomic mass is 10.2. The Morgan fingerprint density at radius 3 is 2.61 bits per heavy atom. The Balaban J connectivity index is 1.23. The normalized spacial score (nSPS) is 20.2. The summed E-state index contributed by atoms with van der Waals surface area (Å²) in [6.07, 6.45) is 11.3. The standard InChI is InChI=1S/C19H27N7OS/c27-17(21-16-9-10-20-26(16)15-5-1-2-6-15)13-28-19-23-22-18(24-11-3-4-12-24)25(19)14-7-8-14/h9-10,14-15H,1-8,11-13H2,(H,21,27). The maximum absolute atomic E-state index is 12.6. The molecule has 1 N–H and O–H groups in total. The monoisotopic (exact) mass is 401 g/mol. The lowest BCUT2D eigenvalue weighted by Crippen LogP contribution is -2.22. The van der Waals surface area contributed by atoms with Crippen molar-refractivity contribution in [2.75, 3.05) is 29.1 Å². The zero-order chi connectivity index (χ0) is 18.9. The number of amides is 1. The highest BCUT2D eigenvalue weighted by Crippen LogP contribution is 2.41. The van der Waals surface area contributed by atoms with Crippen LogP contribution in [0.3, 0.4) is 0 Å². The quantitative estimate of drug-likeness (QED) is 0.717. The number of carbonyl (C=O) groups excluding carboxylic acids is 1. The van der Waals surface area contributed by atoms with Crippen LogP contribution in [0.2, 0.25) is 0 Å².